The number of carbonyl (C=O) groups excluding carboxylic acids is 1. The Labute approximate surface area is 163 Å². The summed E-state index contributed by atoms with van der Waals surface area (Å²) >= 11 is 0. The molecule has 0 aliphatic carbocycles. The quantitative estimate of drug-likeness (QED) is 0.592. The highest BCUT2D eigenvalue weighted by atomic mass is 16.2. The van der Waals surface area contributed by atoms with Crippen LogP contribution in [0.3, 0.4) is 0 Å². The van der Waals surface area contributed by atoms with Crippen LogP contribution >= 0.6 is 0 Å². The third-order valence-electron chi connectivity index (χ3n) is 5.66. The van der Waals surface area contributed by atoms with Gasteiger partial charge in [-0.05, 0) is 18.6 Å². The first-order valence-corrected chi connectivity index (χ1v) is 9.64. The second-order valence-corrected chi connectivity index (χ2v) is 7.36. The van der Waals surface area contributed by atoms with Crippen LogP contribution in [0.25, 0.3) is 10.9 Å². The molecule has 140 valence electrons. The number of rotatable bonds is 4. The van der Waals surface area contributed by atoms with Crippen molar-refractivity contribution in [2.24, 2.45) is 0 Å². The Morgan fingerprint density at radius 2 is 1.82 bits per heavy atom. The van der Waals surface area contributed by atoms with Crippen LogP contribution in [0.5, 0.6) is 0 Å². The van der Waals surface area contributed by atoms with Crippen LogP contribution in [0.1, 0.15) is 33.0 Å². The molecule has 0 spiro atoms. The van der Waals surface area contributed by atoms with Gasteiger partial charge in [0.1, 0.15) is 0 Å². The summed E-state index contributed by atoms with van der Waals surface area (Å²) < 4.78 is 2.31. The molecule has 2 aromatic carbocycles. The van der Waals surface area contributed by atoms with E-state index in [1.54, 1.807) is 6.33 Å². The molecule has 0 fully saturated rings. The number of carbonyl (C=O) groups is 1. The summed E-state index contributed by atoms with van der Waals surface area (Å²) in [5.41, 5.74) is 6.32. The second kappa shape index (κ2) is 6.68. The molecule has 0 radical (unpaired) electrons. The highest BCUT2D eigenvalue weighted by Crippen LogP contribution is 2.32. The van der Waals surface area contributed by atoms with Crippen LogP contribution in [0.15, 0.2) is 60.9 Å². The molecule has 1 amide bonds. The molecule has 1 aliphatic rings. The number of para-hydroxylation sites is 1. The molecule has 5 nitrogen and oxygen atoms in total. The van der Waals surface area contributed by atoms with E-state index in [0.29, 0.717) is 13.1 Å². The Balaban J connectivity index is 1.57. The number of amides is 1. The lowest BCUT2D eigenvalue weighted by atomic mass is 10.0. The number of aryl methyl sites for hydroxylation is 1. The predicted molar refractivity (Wildman–Crippen MR) is 109 cm³/mol. The zero-order chi connectivity index (χ0) is 19.1. The SMILES string of the molecule is Cc1[nH]cnc1CN1CCc2c(c3ccccc3n2Cc2ccccc2)C1=O. The fourth-order valence-corrected chi connectivity index (χ4v) is 4.18. The molecule has 0 bridgehead atoms. The first-order chi connectivity index (χ1) is 13.7. The van der Waals surface area contributed by atoms with E-state index >= 15 is 0 Å². The number of nitrogens with zero attached hydrogens (tertiary/aromatic N) is 3. The maximum Gasteiger partial charge on any atom is 0.256 e. The van der Waals surface area contributed by atoms with E-state index in [9.17, 15) is 4.79 Å². The number of imidazole rings is 1. The van der Waals surface area contributed by atoms with E-state index < -0.39 is 0 Å². The minimum Gasteiger partial charge on any atom is -0.348 e. The van der Waals surface area contributed by atoms with Gasteiger partial charge in [-0.2, -0.15) is 0 Å². The minimum absolute atomic E-state index is 0.103. The lowest BCUT2D eigenvalue weighted by Gasteiger charge is -2.27. The van der Waals surface area contributed by atoms with Gasteiger partial charge < -0.3 is 14.5 Å². The summed E-state index contributed by atoms with van der Waals surface area (Å²) in [6.07, 6.45) is 2.54. The zero-order valence-corrected chi connectivity index (χ0v) is 15.9. The van der Waals surface area contributed by atoms with Gasteiger partial charge in [0, 0.05) is 41.8 Å². The summed E-state index contributed by atoms with van der Waals surface area (Å²) in [4.78, 5) is 22.8. The van der Waals surface area contributed by atoms with Gasteiger partial charge in [-0.25, -0.2) is 4.98 Å². The maximum absolute atomic E-state index is 13.4. The van der Waals surface area contributed by atoms with Gasteiger partial charge in [-0.15, -0.1) is 0 Å². The first-order valence-electron chi connectivity index (χ1n) is 9.64. The van der Waals surface area contributed by atoms with E-state index in [0.717, 1.165) is 46.5 Å². The van der Waals surface area contributed by atoms with Crippen molar-refractivity contribution in [1.29, 1.82) is 0 Å². The molecule has 0 saturated heterocycles. The van der Waals surface area contributed by atoms with Crippen molar-refractivity contribution in [3.05, 3.63) is 89.1 Å². The smallest absolute Gasteiger partial charge is 0.256 e. The van der Waals surface area contributed by atoms with Crippen LogP contribution in [-0.4, -0.2) is 31.9 Å². The average Bonchev–Trinajstić information content (AvgIpc) is 3.27. The zero-order valence-electron chi connectivity index (χ0n) is 15.9. The van der Waals surface area contributed by atoms with Crippen molar-refractivity contribution in [3.8, 4) is 0 Å². The molecule has 0 unspecified atom stereocenters. The summed E-state index contributed by atoms with van der Waals surface area (Å²) in [5.74, 6) is 0.103. The molecular weight excluding hydrogens is 348 g/mol. The largest absolute Gasteiger partial charge is 0.348 e. The van der Waals surface area contributed by atoms with E-state index in [-0.39, 0.29) is 5.91 Å². The fraction of sp³-hybridized carbons (Fsp3) is 0.217. The van der Waals surface area contributed by atoms with Crippen molar-refractivity contribution in [2.45, 2.75) is 26.4 Å². The van der Waals surface area contributed by atoms with Gasteiger partial charge in [-0.3, -0.25) is 4.79 Å². The van der Waals surface area contributed by atoms with Crippen LogP contribution in [0.4, 0.5) is 0 Å². The number of fused-ring (bicyclic) bond motifs is 3. The summed E-state index contributed by atoms with van der Waals surface area (Å²) in [6.45, 7) is 4.03. The molecule has 0 atom stereocenters. The van der Waals surface area contributed by atoms with Gasteiger partial charge in [0.25, 0.3) is 5.91 Å². The molecule has 5 rings (SSSR count). The number of benzene rings is 2. The lowest BCUT2D eigenvalue weighted by molar-refractivity contribution is 0.0725. The van der Waals surface area contributed by atoms with E-state index in [2.05, 4.69) is 50.9 Å². The fourth-order valence-electron chi connectivity index (χ4n) is 4.18. The predicted octanol–water partition coefficient (Wildman–Crippen LogP) is 3.92. The Bertz CT molecular complexity index is 1160. The minimum atomic E-state index is 0.103. The number of H-pyrrole nitrogens is 1. The Morgan fingerprint density at radius 1 is 1.04 bits per heavy atom. The molecule has 1 N–H and O–H groups in total. The Morgan fingerprint density at radius 3 is 2.61 bits per heavy atom. The highest BCUT2D eigenvalue weighted by Gasteiger charge is 2.31. The van der Waals surface area contributed by atoms with Crippen molar-refractivity contribution >= 4 is 16.8 Å². The van der Waals surface area contributed by atoms with Gasteiger partial charge >= 0.3 is 0 Å². The second-order valence-electron chi connectivity index (χ2n) is 7.36. The van der Waals surface area contributed by atoms with Crippen LogP contribution in [0, 0.1) is 6.92 Å². The van der Waals surface area contributed by atoms with Gasteiger partial charge in [0.15, 0.2) is 0 Å². The number of hydrogen-bond acceptors (Lipinski definition) is 2. The highest BCUT2D eigenvalue weighted by molar-refractivity contribution is 6.09. The average molecular weight is 370 g/mol. The molecule has 28 heavy (non-hydrogen) atoms. The van der Waals surface area contributed by atoms with Crippen LogP contribution in [-0.2, 0) is 19.5 Å². The van der Waals surface area contributed by atoms with Crippen LogP contribution in [0.2, 0.25) is 0 Å². The molecule has 5 heteroatoms. The number of aromatic amines is 1. The van der Waals surface area contributed by atoms with Crippen molar-refractivity contribution in [1.82, 2.24) is 19.4 Å². The molecule has 0 saturated carbocycles. The van der Waals surface area contributed by atoms with Gasteiger partial charge in [0.05, 0.1) is 24.1 Å². The van der Waals surface area contributed by atoms with Gasteiger partial charge in [0.2, 0.25) is 0 Å². The molecule has 2 aromatic heterocycles. The lowest BCUT2D eigenvalue weighted by Crippen LogP contribution is -2.37. The summed E-state index contributed by atoms with van der Waals surface area (Å²) in [7, 11) is 0. The molecular formula is C23H22N4O. The number of aromatic nitrogens is 3. The first kappa shape index (κ1) is 16.8. The molecule has 4 aromatic rings. The monoisotopic (exact) mass is 370 g/mol. The third kappa shape index (κ3) is 2.71. The maximum atomic E-state index is 13.4. The topological polar surface area (TPSA) is 53.9 Å². The van der Waals surface area contributed by atoms with Gasteiger partial charge in [-0.1, -0.05) is 48.5 Å². The van der Waals surface area contributed by atoms with Crippen molar-refractivity contribution < 1.29 is 4.79 Å². The normalized spacial score (nSPS) is 13.9. The van der Waals surface area contributed by atoms with Crippen molar-refractivity contribution in [2.75, 3.05) is 6.54 Å². The molecule has 1 aliphatic heterocycles. The third-order valence-corrected chi connectivity index (χ3v) is 5.66. The Hall–Kier alpha value is -3.34. The summed E-state index contributed by atoms with van der Waals surface area (Å²) in [5, 5.41) is 1.04. The van der Waals surface area contributed by atoms with E-state index in [1.807, 2.05) is 30.0 Å². The van der Waals surface area contributed by atoms with E-state index in [4.69, 9.17) is 0 Å². The number of hydrogen-bond donors (Lipinski definition) is 1. The van der Waals surface area contributed by atoms with Crippen molar-refractivity contribution in [3.63, 3.8) is 0 Å². The van der Waals surface area contributed by atoms with E-state index in [1.165, 1.54) is 5.56 Å². The van der Waals surface area contributed by atoms with Crippen LogP contribution < -0.4 is 0 Å². The molecule has 3 heterocycles. The number of nitrogens with one attached hydrogen (secondary N) is 1. The standard InChI is InChI=1S/C23H22N4O/c1-16-19(25-15-24-16)14-26-12-11-21-22(23(26)28)18-9-5-6-10-20(18)27(21)13-17-7-3-2-4-8-17/h2-10,15H,11-14H2,1H3,(H,24,25). The summed E-state index contributed by atoms with van der Waals surface area (Å²) in [6, 6.07) is 18.7. The Kier molecular flexibility index (Phi) is 4.01.